The van der Waals surface area contributed by atoms with Gasteiger partial charge in [-0.1, -0.05) is 43.0 Å². The van der Waals surface area contributed by atoms with Crippen molar-refractivity contribution in [3.05, 3.63) is 35.9 Å². The van der Waals surface area contributed by atoms with Gasteiger partial charge in [0.05, 0.1) is 0 Å². The molecular formula is C10H14N2O3S. The Bertz CT molecular complexity index is 339. The highest BCUT2D eigenvalue weighted by molar-refractivity contribution is 7.96. The molecule has 0 radical (unpaired) electrons. The molecule has 6 heteroatoms. The van der Waals surface area contributed by atoms with E-state index in [1.165, 1.54) is 0 Å². The molecule has 0 heterocycles. The quantitative estimate of drug-likeness (QED) is 0.583. The van der Waals surface area contributed by atoms with E-state index in [9.17, 15) is 4.79 Å². The van der Waals surface area contributed by atoms with Crippen LogP contribution in [0.5, 0.6) is 0 Å². The number of nitrogens with two attached hydrogens (primary N) is 2. The van der Waals surface area contributed by atoms with Crippen LogP contribution >= 0.6 is 12.6 Å². The Labute approximate surface area is 98.8 Å². The summed E-state index contributed by atoms with van der Waals surface area (Å²) in [4.78, 5) is 19.5. The fourth-order valence-corrected chi connectivity index (χ4v) is 0.955. The molecule has 0 fully saturated rings. The lowest BCUT2D eigenvalue weighted by molar-refractivity contribution is -0.138. The number of carbonyl (C=O) groups is 2. The standard InChI is InChI=1S/C9H11NO2.CH3NOS/c10-8(9(11)12)6-7-4-2-1-3-5-7;2-1(3)4/h1-5,8H,6,10H2,(H,11,12);(H3,2,3,4)/t8-;/m0./s1. The van der Waals surface area contributed by atoms with E-state index in [1.54, 1.807) is 0 Å². The van der Waals surface area contributed by atoms with Crippen LogP contribution in [0.15, 0.2) is 30.3 Å². The minimum absolute atomic E-state index is 0.385. The van der Waals surface area contributed by atoms with Crippen LogP contribution in [0.3, 0.4) is 0 Å². The molecule has 88 valence electrons. The number of amides is 1. The average molecular weight is 242 g/mol. The van der Waals surface area contributed by atoms with Gasteiger partial charge < -0.3 is 16.6 Å². The number of hydrogen-bond acceptors (Lipinski definition) is 3. The highest BCUT2D eigenvalue weighted by atomic mass is 32.1. The molecule has 1 amide bonds. The first-order valence-corrected chi connectivity index (χ1v) is 4.89. The number of primary amides is 1. The number of rotatable bonds is 3. The summed E-state index contributed by atoms with van der Waals surface area (Å²) < 4.78 is 0. The van der Waals surface area contributed by atoms with Crippen LogP contribution in [-0.4, -0.2) is 22.4 Å². The van der Waals surface area contributed by atoms with E-state index in [0.717, 1.165) is 5.56 Å². The Balaban J connectivity index is 0.000000487. The van der Waals surface area contributed by atoms with Crippen molar-refractivity contribution in [3.63, 3.8) is 0 Å². The molecule has 16 heavy (non-hydrogen) atoms. The third-order valence-electron chi connectivity index (χ3n) is 1.62. The van der Waals surface area contributed by atoms with Crippen molar-refractivity contribution >= 4 is 23.8 Å². The largest absolute Gasteiger partial charge is 0.480 e. The van der Waals surface area contributed by atoms with Gasteiger partial charge in [0.15, 0.2) is 0 Å². The second-order valence-electron chi connectivity index (χ2n) is 2.97. The molecule has 0 saturated heterocycles. The zero-order valence-corrected chi connectivity index (χ0v) is 9.43. The number of aliphatic carboxylic acids is 1. The number of hydrogen-bond donors (Lipinski definition) is 4. The summed E-state index contributed by atoms with van der Waals surface area (Å²) in [6.45, 7) is 0. The normalized spacial score (nSPS) is 10.9. The molecular weight excluding hydrogens is 228 g/mol. The lowest BCUT2D eigenvalue weighted by Gasteiger charge is -2.04. The van der Waals surface area contributed by atoms with Crippen molar-refractivity contribution in [2.45, 2.75) is 12.5 Å². The van der Waals surface area contributed by atoms with E-state index in [0.29, 0.717) is 6.42 Å². The topological polar surface area (TPSA) is 106 Å². The second-order valence-corrected chi connectivity index (χ2v) is 3.41. The van der Waals surface area contributed by atoms with Crippen LogP contribution < -0.4 is 11.5 Å². The molecule has 1 rings (SSSR count). The lowest BCUT2D eigenvalue weighted by Crippen LogP contribution is -2.32. The first-order chi connectivity index (χ1) is 7.43. The number of carboxylic acids is 1. The molecule has 1 atom stereocenters. The minimum atomic E-state index is -0.959. The summed E-state index contributed by atoms with van der Waals surface area (Å²) >= 11 is 3.10. The lowest BCUT2D eigenvalue weighted by atomic mass is 10.1. The van der Waals surface area contributed by atoms with Crippen LogP contribution in [0.4, 0.5) is 4.79 Å². The van der Waals surface area contributed by atoms with Crippen LogP contribution in [0.25, 0.3) is 0 Å². The molecule has 5 nitrogen and oxygen atoms in total. The molecule has 0 aliphatic rings. The molecule has 0 aliphatic carbocycles. The van der Waals surface area contributed by atoms with E-state index in [2.05, 4.69) is 18.4 Å². The van der Waals surface area contributed by atoms with Gasteiger partial charge in [0, 0.05) is 0 Å². The van der Waals surface area contributed by atoms with E-state index < -0.39 is 17.3 Å². The van der Waals surface area contributed by atoms with Crippen LogP contribution in [0.2, 0.25) is 0 Å². The maximum Gasteiger partial charge on any atom is 0.320 e. The van der Waals surface area contributed by atoms with Crippen molar-refractivity contribution in [3.8, 4) is 0 Å². The van der Waals surface area contributed by atoms with Gasteiger partial charge in [-0.15, -0.1) is 0 Å². The zero-order valence-electron chi connectivity index (χ0n) is 8.54. The molecule has 0 spiro atoms. The summed E-state index contributed by atoms with van der Waals surface area (Å²) in [6, 6.07) is 8.54. The highest BCUT2D eigenvalue weighted by Gasteiger charge is 2.10. The van der Waals surface area contributed by atoms with Gasteiger partial charge in [0.25, 0.3) is 5.24 Å². The van der Waals surface area contributed by atoms with Crippen molar-refractivity contribution in [2.75, 3.05) is 0 Å². The van der Waals surface area contributed by atoms with Gasteiger partial charge in [-0.25, -0.2) is 0 Å². The first-order valence-electron chi connectivity index (χ1n) is 4.44. The third-order valence-corrected chi connectivity index (χ3v) is 1.62. The van der Waals surface area contributed by atoms with E-state index in [1.807, 2.05) is 30.3 Å². The minimum Gasteiger partial charge on any atom is -0.480 e. The molecule has 1 aromatic carbocycles. The summed E-state index contributed by atoms with van der Waals surface area (Å²) in [7, 11) is 0. The Hall–Kier alpha value is -1.53. The molecule has 0 aromatic heterocycles. The molecule has 0 bridgehead atoms. The fourth-order valence-electron chi connectivity index (χ4n) is 0.955. The predicted octanol–water partition coefficient (Wildman–Crippen LogP) is 0.636. The van der Waals surface area contributed by atoms with Gasteiger partial charge >= 0.3 is 5.97 Å². The zero-order chi connectivity index (χ0) is 12.6. The van der Waals surface area contributed by atoms with Gasteiger partial charge in [-0.05, 0) is 12.0 Å². The van der Waals surface area contributed by atoms with Crippen LogP contribution in [0, 0.1) is 0 Å². The van der Waals surface area contributed by atoms with Crippen LogP contribution in [-0.2, 0) is 11.2 Å². The Morgan fingerprint density at radius 3 is 2.12 bits per heavy atom. The van der Waals surface area contributed by atoms with Crippen molar-refractivity contribution in [2.24, 2.45) is 11.5 Å². The van der Waals surface area contributed by atoms with Crippen molar-refractivity contribution < 1.29 is 14.7 Å². The average Bonchev–Trinajstić information content (AvgIpc) is 2.18. The van der Waals surface area contributed by atoms with E-state index in [-0.39, 0.29) is 0 Å². The number of carboxylic acid groups (broad SMARTS) is 1. The monoisotopic (exact) mass is 242 g/mol. The fraction of sp³-hybridized carbons (Fsp3) is 0.200. The molecule has 1 aromatic rings. The number of carbonyl (C=O) groups excluding carboxylic acids is 1. The Kier molecular flexibility index (Phi) is 6.98. The van der Waals surface area contributed by atoms with E-state index in [4.69, 9.17) is 15.6 Å². The summed E-state index contributed by atoms with van der Waals surface area (Å²) in [6.07, 6.45) is 0.385. The van der Waals surface area contributed by atoms with Gasteiger partial charge in [-0.2, -0.15) is 0 Å². The van der Waals surface area contributed by atoms with Gasteiger partial charge in [0.1, 0.15) is 6.04 Å². The molecule has 0 aliphatic heterocycles. The number of thiol groups is 1. The van der Waals surface area contributed by atoms with Gasteiger partial charge in [0.2, 0.25) is 0 Å². The van der Waals surface area contributed by atoms with E-state index >= 15 is 0 Å². The van der Waals surface area contributed by atoms with Crippen molar-refractivity contribution in [1.29, 1.82) is 0 Å². The number of benzene rings is 1. The maximum atomic E-state index is 10.4. The smallest absolute Gasteiger partial charge is 0.320 e. The third kappa shape index (κ3) is 7.84. The summed E-state index contributed by atoms with van der Waals surface area (Å²) in [5.41, 5.74) is 10.6. The Morgan fingerprint density at radius 1 is 1.31 bits per heavy atom. The predicted molar refractivity (Wildman–Crippen MR) is 64.3 cm³/mol. The SMILES string of the molecule is NC(=O)S.N[C@@H](Cc1ccccc1)C(=O)O. The van der Waals surface area contributed by atoms with Crippen molar-refractivity contribution in [1.82, 2.24) is 0 Å². The maximum absolute atomic E-state index is 10.4. The molecule has 0 unspecified atom stereocenters. The second kappa shape index (κ2) is 7.72. The first kappa shape index (κ1) is 14.5. The van der Waals surface area contributed by atoms with Crippen LogP contribution in [0.1, 0.15) is 5.56 Å². The summed E-state index contributed by atoms with van der Waals surface area (Å²) in [5.74, 6) is -0.959. The molecule has 0 saturated carbocycles. The highest BCUT2D eigenvalue weighted by Crippen LogP contribution is 2.01. The molecule has 5 N–H and O–H groups in total. The Morgan fingerprint density at radius 2 is 1.75 bits per heavy atom. The van der Waals surface area contributed by atoms with Gasteiger partial charge in [-0.3, -0.25) is 9.59 Å². The summed E-state index contributed by atoms with van der Waals surface area (Å²) in [5, 5.41) is 7.88.